The third-order valence-electron chi connectivity index (χ3n) is 4.79. The molecule has 24 heavy (non-hydrogen) atoms. The molecule has 0 bridgehead atoms. The Morgan fingerprint density at radius 3 is 2.50 bits per heavy atom. The number of cyclic esters (lactones) is 1. The maximum atomic E-state index is 12.6. The fraction of sp³-hybridized carbons (Fsp3) is 0.650. The van der Waals surface area contributed by atoms with Gasteiger partial charge in [-0.1, -0.05) is 56.5 Å². The number of hydrogen-bond donors (Lipinski definition) is 0. The Bertz CT molecular complexity index is 543. The highest BCUT2D eigenvalue weighted by molar-refractivity contribution is 5.81. The Balaban J connectivity index is 2.23. The molecule has 1 aromatic rings. The Labute approximate surface area is 146 Å². The van der Waals surface area contributed by atoms with Gasteiger partial charge in [0.1, 0.15) is 18.2 Å². The number of morpholine rings is 1. The molecule has 2 atom stereocenters. The van der Waals surface area contributed by atoms with E-state index in [-0.39, 0.29) is 17.6 Å². The van der Waals surface area contributed by atoms with E-state index in [1.54, 1.807) is 0 Å². The van der Waals surface area contributed by atoms with Crippen molar-refractivity contribution < 1.29 is 14.4 Å². The zero-order valence-electron chi connectivity index (χ0n) is 15.7. The van der Waals surface area contributed by atoms with E-state index >= 15 is 0 Å². The highest BCUT2D eigenvalue weighted by Crippen LogP contribution is 2.38. The van der Waals surface area contributed by atoms with Crippen molar-refractivity contribution in [2.45, 2.75) is 77.5 Å². The van der Waals surface area contributed by atoms with Gasteiger partial charge < -0.3 is 4.74 Å². The lowest BCUT2D eigenvalue weighted by Gasteiger charge is -2.51. The predicted molar refractivity (Wildman–Crippen MR) is 95.4 cm³/mol. The average molecular weight is 333 g/mol. The largest absolute Gasteiger partial charge is 0.462 e. The van der Waals surface area contributed by atoms with E-state index in [2.05, 4.69) is 20.8 Å². The van der Waals surface area contributed by atoms with Gasteiger partial charge in [0, 0.05) is 0 Å². The van der Waals surface area contributed by atoms with Crippen molar-refractivity contribution in [3.8, 4) is 0 Å². The normalized spacial score (nSPS) is 25.3. The zero-order valence-corrected chi connectivity index (χ0v) is 15.7. The Hall–Kier alpha value is -1.39. The smallest absolute Gasteiger partial charge is 0.328 e. The first-order valence-corrected chi connectivity index (χ1v) is 9.00. The van der Waals surface area contributed by atoms with Gasteiger partial charge in [-0.15, -0.1) is 0 Å². The van der Waals surface area contributed by atoms with E-state index in [1.165, 1.54) is 0 Å². The number of nitrogens with zero attached hydrogens (tertiary/aromatic N) is 1. The van der Waals surface area contributed by atoms with Crippen molar-refractivity contribution in [2.75, 3.05) is 6.61 Å². The molecule has 0 aromatic heterocycles. The molecule has 1 aliphatic rings. The van der Waals surface area contributed by atoms with Gasteiger partial charge in [-0.05, 0) is 39.7 Å². The lowest BCUT2D eigenvalue weighted by atomic mass is 9.87. The number of hydrogen-bond acceptors (Lipinski definition) is 4. The minimum Gasteiger partial charge on any atom is -0.462 e. The molecule has 1 aromatic carbocycles. The van der Waals surface area contributed by atoms with Crippen LogP contribution in [0.5, 0.6) is 0 Å². The molecule has 2 rings (SSSR count). The number of carbonyl (C=O) groups is 1. The molecule has 0 N–H and O–H groups in total. The van der Waals surface area contributed by atoms with E-state index in [0.717, 1.165) is 31.2 Å². The summed E-state index contributed by atoms with van der Waals surface area (Å²) in [5.74, 6) is -0.182. The van der Waals surface area contributed by atoms with Crippen LogP contribution in [0.3, 0.4) is 0 Å². The van der Waals surface area contributed by atoms with Gasteiger partial charge >= 0.3 is 5.97 Å². The van der Waals surface area contributed by atoms with E-state index < -0.39 is 5.54 Å². The zero-order chi connectivity index (χ0) is 17.8. The van der Waals surface area contributed by atoms with E-state index in [0.29, 0.717) is 6.61 Å². The summed E-state index contributed by atoms with van der Waals surface area (Å²) >= 11 is 0. The molecular formula is C20H31NO3. The van der Waals surface area contributed by atoms with Crippen LogP contribution in [-0.2, 0) is 14.4 Å². The predicted octanol–water partition coefficient (Wildman–Crippen LogP) is 4.66. The number of esters is 1. The van der Waals surface area contributed by atoms with Crippen LogP contribution < -0.4 is 0 Å². The molecule has 1 heterocycles. The minimum absolute atomic E-state index is 0.123. The van der Waals surface area contributed by atoms with Crippen LogP contribution >= 0.6 is 0 Å². The van der Waals surface area contributed by atoms with Crippen LogP contribution in [0.2, 0.25) is 0 Å². The van der Waals surface area contributed by atoms with E-state index in [4.69, 9.17) is 9.57 Å². The quantitative estimate of drug-likeness (QED) is 0.537. The highest BCUT2D eigenvalue weighted by atomic mass is 16.7. The summed E-state index contributed by atoms with van der Waals surface area (Å²) in [6, 6.07) is 10.1. The summed E-state index contributed by atoms with van der Waals surface area (Å²) in [6.07, 6.45) is 3.82. The molecule has 0 aliphatic carbocycles. The standard InChI is InChI=1S/C20H31NO3/c1-6-7-11-14-20(5)18(22)23-15-19(3,4)21(20)24-16(2)17-12-9-8-10-13-17/h8-10,12-13,16H,6-7,11,14-15H2,1-5H3. The third-order valence-corrected chi connectivity index (χ3v) is 4.79. The molecule has 0 amide bonds. The first-order valence-electron chi connectivity index (χ1n) is 9.00. The summed E-state index contributed by atoms with van der Waals surface area (Å²) in [4.78, 5) is 18.9. The van der Waals surface area contributed by atoms with Crippen LogP contribution in [0.15, 0.2) is 30.3 Å². The fourth-order valence-corrected chi connectivity index (χ4v) is 3.33. The molecule has 0 spiro atoms. The second-order valence-electron chi connectivity index (χ2n) is 7.57. The maximum Gasteiger partial charge on any atom is 0.328 e. The summed E-state index contributed by atoms with van der Waals surface area (Å²) < 4.78 is 5.50. The topological polar surface area (TPSA) is 38.8 Å². The Morgan fingerprint density at radius 2 is 1.88 bits per heavy atom. The molecule has 1 aliphatic heterocycles. The Kier molecular flexibility index (Phi) is 6.05. The minimum atomic E-state index is -0.750. The second-order valence-corrected chi connectivity index (χ2v) is 7.57. The average Bonchev–Trinajstić information content (AvgIpc) is 2.57. The SMILES string of the molecule is CCCCCC1(C)C(=O)OCC(C)(C)N1OC(C)c1ccccc1. The van der Waals surface area contributed by atoms with E-state index in [9.17, 15) is 4.79 Å². The monoisotopic (exact) mass is 333 g/mol. The van der Waals surface area contributed by atoms with Gasteiger partial charge in [-0.25, -0.2) is 4.79 Å². The van der Waals surface area contributed by atoms with Crippen LogP contribution in [0.4, 0.5) is 0 Å². The second kappa shape index (κ2) is 7.66. The first-order chi connectivity index (χ1) is 11.3. The lowest BCUT2D eigenvalue weighted by Crippen LogP contribution is -2.66. The van der Waals surface area contributed by atoms with Gasteiger partial charge in [0.05, 0.1) is 5.54 Å². The van der Waals surface area contributed by atoms with Crippen molar-refractivity contribution >= 4 is 5.97 Å². The number of ether oxygens (including phenoxy) is 1. The molecular weight excluding hydrogens is 302 g/mol. The van der Waals surface area contributed by atoms with Crippen LogP contribution in [0, 0.1) is 0 Å². The van der Waals surface area contributed by atoms with E-state index in [1.807, 2.05) is 49.2 Å². The summed E-state index contributed by atoms with van der Waals surface area (Å²) in [5.41, 5.74) is -0.0131. The van der Waals surface area contributed by atoms with Gasteiger partial charge in [-0.2, -0.15) is 5.06 Å². The van der Waals surface area contributed by atoms with Crippen molar-refractivity contribution in [3.63, 3.8) is 0 Å². The fourth-order valence-electron chi connectivity index (χ4n) is 3.33. The molecule has 1 fully saturated rings. The molecule has 134 valence electrons. The van der Waals surface area contributed by atoms with Gasteiger partial charge in [0.15, 0.2) is 0 Å². The lowest BCUT2D eigenvalue weighted by molar-refractivity contribution is -0.316. The number of hydroxylamine groups is 2. The highest BCUT2D eigenvalue weighted by Gasteiger charge is 2.53. The van der Waals surface area contributed by atoms with Gasteiger partial charge in [0.2, 0.25) is 0 Å². The number of rotatable bonds is 7. The summed E-state index contributed by atoms with van der Waals surface area (Å²) in [7, 11) is 0. The number of unbranched alkanes of at least 4 members (excludes halogenated alkanes) is 2. The van der Waals surface area contributed by atoms with Crippen molar-refractivity contribution in [1.29, 1.82) is 0 Å². The first kappa shape index (κ1) is 18.9. The maximum absolute atomic E-state index is 12.6. The molecule has 2 unspecified atom stereocenters. The molecule has 0 saturated carbocycles. The third kappa shape index (κ3) is 3.98. The van der Waals surface area contributed by atoms with Crippen molar-refractivity contribution in [3.05, 3.63) is 35.9 Å². The van der Waals surface area contributed by atoms with Gasteiger partial charge in [0.25, 0.3) is 0 Å². The molecule has 0 radical (unpaired) electrons. The molecule has 4 heteroatoms. The van der Waals surface area contributed by atoms with Crippen molar-refractivity contribution in [1.82, 2.24) is 5.06 Å². The van der Waals surface area contributed by atoms with Gasteiger partial charge in [-0.3, -0.25) is 4.84 Å². The molecule has 1 saturated heterocycles. The van der Waals surface area contributed by atoms with Crippen molar-refractivity contribution in [2.24, 2.45) is 0 Å². The van der Waals surface area contributed by atoms with Crippen LogP contribution in [-0.4, -0.2) is 28.7 Å². The number of carbonyl (C=O) groups excluding carboxylic acids is 1. The molecule has 4 nitrogen and oxygen atoms in total. The van der Waals surface area contributed by atoms with Crippen LogP contribution in [0.1, 0.15) is 72.0 Å². The number of benzene rings is 1. The van der Waals surface area contributed by atoms with Crippen LogP contribution in [0.25, 0.3) is 0 Å². The Morgan fingerprint density at radius 1 is 1.21 bits per heavy atom. The summed E-state index contributed by atoms with van der Waals surface area (Å²) in [5, 5.41) is 1.90. The summed E-state index contributed by atoms with van der Waals surface area (Å²) in [6.45, 7) is 10.6.